The van der Waals surface area contributed by atoms with E-state index >= 15 is 0 Å². The fourth-order valence-electron chi connectivity index (χ4n) is 2.57. The fraction of sp³-hybridized carbons (Fsp3) is 0.350. The summed E-state index contributed by atoms with van der Waals surface area (Å²) in [6.07, 6.45) is 1.82. The van der Waals surface area contributed by atoms with Crippen molar-refractivity contribution in [3.63, 3.8) is 0 Å². The third-order valence-corrected chi connectivity index (χ3v) is 4.74. The molecule has 0 aliphatic carbocycles. The van der Waals surface area contributed by atoms with E-state index in [4.69, 9.17) is 8.92 Å². The van der Waals surface area contributed by atoms with Crippen LogP contribution in [0.15, 0.2) is 48.5 Å². The molecule has 0 heterocycles. The second kappa shape index (κ2) is 8.90. The summed E-state index contributed by atoms with van der Waals surface area (Å²) >= 11 is 0. The predicted octanol–water partition coefficient (Wildman–Crippen LogP) is 3.47. The number of amides is 1. The van der Waals surface area contributed by atoms with Crippen LogP contribution in [0.4, 0.5) is 0 Å². The van der Waals surface area contributed by atoms with Gasteiger partial charge in [-0.2, -0.15) is 8.42 Å². The lowest BCUT2D eigenvalue weighted by atomic mass is 10.1. The molecule has 6 nitrogen and oxygen atoms in total. The van der Waals surface area contributed by atoms with Gasteiger partial charge in [0.15, 0.2) is 0 Å². The fourth-order valence-corrected chi connectivity index (χ4v) is 3.03. The first-order valence-corrected chi connectivity index (χ1v) is 10.5. The summed E-state index contributed by atoms with van der Waals surface area (Å²) in [4.78, 5) is 14.8. The van der Waals surface area contributed by atoms with Crippen molar-refractivity contribution in [2.24, 2.45) is 0 Å². The van der Waals surface area contributed by atoms with Crippen molar-refractivity contribution >= 4 is 16.0 Å². The Kier molecular flexibility index (Phi) is 6.85. The molecule has 0 bridgehead atoms. The average molecular weight is 391 g/mol. The minimum absolute atomic E-state index is 0.0477. The van der Waals surface area contributed by atoms with Crippen molar-refractivity contribution in [3.8, 4) is 11.5 Å². The van der Waals surface area contributed by atoms with Crippen LogP contribution < -0.4 is 8.92 Å². The summed E-state index contributed by atoms with van der Waals surface area (Å²) in [6.45, 7) is 4.45. The van der Waals surface area contributed by atoms with E-state index in [-0.39, 0.29) is 17.7 Å². The Morgan fingerprint density at radius 3 is 2.07 bits per heavy atom. The minimum Gasteiger partial charge on any atom is -0.497 e. The largest absolute Gasteiger partial charge is 0.497 e. The van der Waals surface area contributed by atoms with Crippen LogP contribution in [-0.2, 0) is 16.7 Å². The van der Waals surface area contributed by atoms with Gasteiger partial charge in [0, 0.05) is 18.2 Å². The molecule has 1 amide bonds. The standard InChI is InChI=1S/C20H25NO5S/c1-5-15(2)21(20(22)17-8-12-18(25-3)13-9-17)14-16-6-10-19(11-7-16)26-27(4,23)24/h6-13,15H,5,14H2,1-4H3/t15-/m0/s1. The zero-order chi connectivity index (χ0) is 20.0. The van der Waals surface area contributed by atoms with Gasteiger partial charge in [0.05, 0.1) is 13.4 Å². The molecule has 1 atom stereocenters. The SMILES string of the molecule is CC[C@H](C)N(Cc1ccc(OS(C)(=O)=O)cc1)C(=O)c1ccc(OC)cc1. The first-order chi connectivity index (χ1) is 12.7. The number of hydrogen-bond acceptors (Lipinski definition) is 5. The van der Waals surface area contributed by atoms with E-state index in [0.717, 1.165) is 18.2 Å². The van der Waals surface area contributed by atoms with Crippen LogP contribution in [0.25, 0.3) is 0 Å². The molecule has 27 heavy (non-hydrogen) atoms. The van der Waals surface area contributed by atoms with E-state index in [1.54, 1.807) is 60.5 Å². The highest BCUT2D eigenvalue weighted by Crippen LogP contribution is 2.20. The van der Waals surface area contributed by atoms with Gasteiger partial charge in [-0.05, 0) is 55.3 Å². The van der Waals surface area contributed by atoms with Crippen LogP contribution in [0.1, 0.15) is 36.2 Å². The van der Waals surface area contributed by atoms with E-state index < -0.39 is 10.1 Å². The van der Waals surface area contributed by atoms with Gasteiger partial charge in [0.25, 0.3) is 5.91 Å². The van der Waals surface area contributed by atoms with E-state index in [0.29, 0.717) is 17.9 Å². The molecule has 2 aromatic rings. The summed E-state index contributed by atoms with van der Waals surface area (Å²) in [5, 5.41) is 0. The van der Waals surface area contributed by atoms with Crippen LogP contribution in [0.5, 0.6) is 11.5 Å². The summed E-state index contributed by atoms with van der Waals surface area (Å²) < 4.78 is 32.4. The summed E-state index contributed by atoms with van der Waals surface area (Å²) in [7, 11) is -1.98. The van der Waals surface area contributed by atoms with Gasteiger partial charge >= 0.3 is 10.1 Å². The number of hydrogen-bond donors (Lipinski definition) is 0. The average Bonchev–Trinajstić information content (AvgIpc) is 2.65. The maximum Gasteiger partial charge on any atom is 0.306 e. The van der Waals surface area contributed by atoms with Gasteiger partial charge in [-0.3, -0.25) is 4.79 Å². The quantitative estimate of drug-likeness (QED) is 0.644. The Morgan fingerprint density at radius 2 is 1.59 bits per heavy atom. The van der Waals surface area contributed by atoms with Crippen LogP contribution >= 0.6 is 0 Å². The highest BCUT2D eigenvalue weighted by Gasteiger charge is 2.21. The Hall–Kier alpha value is -2.54. The zero-order valence-electron chi connectivity index (χ0n) is 16.0. The minimum atomic E-state index is -3.56. The molecule has 2 rings (SSSR count). The summed E-state index contributed by atoms with van der Waals surface area (Å²) in [5.41, 5.74) is 1.48. The Morgan fingerprint density at radius 1 is 1.04 bits per heavy atom. The molecule has 7 heteroatoms. The predicted molar refractivity (Wildman–Crippen MR) is 105 cm³/mol. The number of ether oxygens (including phenoxy) is 1. The monoisotopic (exact) mass is 391 g/mol. The first-order valence-electron chi connectivity index (χ1n) is 8.67. The summed E-state index contributed by atoms with van der Waals surface area (Å²) in [6, 6.07) is 13.8. The van der Waals surface area contributed by atoms with Gasteiger partial charge in [-0.15, -0.1) is 0 Å². The third-order valence-electron chi connectivity index (χ3n) is 4.24. The Balaban J connectivity index is 2.19. The molecule has 0 aliphatic rings. The second-order valence-electron chi connectivity index (χ2n) is 6.35. The first kappa shape index (κ1) is 20.8. The number of methoxy groups -OCH3 is 1. The lowest BCUT2D eigenvalue weighted by Crippen LogP contribution is -2.37. The Labute approximate surface area is 160 Å². The smallest absolute Gasteiger partial charge is 0.306 e. The van der Waals surface area contributed by atoms with Crippen molar-refractivity contribution in [2.75, 3.05) is 13.4 Å². The molecule has 0 aliphatic heterocycles. The normalized spacial score (nSPS) is 12.3. The third kappa shape index (κ3) is 5.99. The molecule has 2 aromatic carbocycles. The number of rotatable bonds is 8. The van der Waals surface area contributed by atoms with Gasteiger partial charge in [-0.1, -0.05) is 19.1 Å². The van der Waals surface area contributed by atoms with Crippen LogP contribution in [0.2, 0.25) is 0 Å². The molecule has 0 radical (unpaired) electrons. The van der Waals surface area contributed by atoms with E-state index in [1.807, 2.05) is 13.8 Å². The molecule has 0 saturated heterocycles. The molecular formula is C20H25NO5S. The molecular weight excluding hydrogens is 366 g/mol. The molecule has 0 spiro atoms. The van der Waals surface area contributed by atoms with E-state index in [1.165, 1.54) is 0 Å². The zero-order valence-corrected chi connectivity index (χ0v) is 16.8. The molecule has 0 unspecified atom stereocenters. The highest BCUT2D eigenvalue weighted by atomic mass is 32.2. The number of carbonyl (C=O) groups excluding carboxylic acids is 1. The Bertz CT molecular complexity index is 860. The van der Waals surface area contributed by atoms with Crippen LogP contribution in [0, 0.1) is 0 Å². The van der Waals surface area contributed by atoms with E-state index in [9.17, 15) is 13.2 Å². The van der Waals surface area contributed by atoms with Crippen molar-refractivity contribution in [1.82, 2.24) is 4.90 Å². The van der Waals surface area contributed by atoms with Crippen molar-refractivity contribution in [3.05, 3.63) is 59.7 Å². The molecule has 0 fully saturated rings. The van der Waals surface area contributed by atoms with Gasteiger partial charge in [-0.25, -0.2) is 0 Å². The van der Waals surface area contributed by atoms with Crippen LogP contribution in [0.3, 0.4) is 0 Å². The molecule has 0 N–H and O–H groups in total. The van der Waals surface area contributed by atoms with Gasteiger partial charge < -0.3 is 13.8 Å². The lowest BCUT2D eigenvalue weighted by Gasteiger charge is -2.29. The maximum atomic E-state index is 13.0. The number of nitrogens with zero attached hydrogens (tertiary/aromatic N) is 1. The summed E-state index contributed by atoms with van der Waals surface area (Å²) in [5.74, 6) is 0.879. The van der Waals surface area contributed by atoms with Crippen molar-refractivity contribution in [2.45, 2.75) is 32.9 Å². The highest BCUT2D eigenvalue weighted by molar-refractivity contribution is 7.86. The maximum absolute atomic E-state index is 13.0. The van der Waals surface area contributed by atoms with E-state index in [2.05, 4.69) is 0 Å². The molecule has 146 valence electrons. The van der Waals surface area contributed by atoms with Gasteiger partial charge in [0.1, 0.15) is 11.5 Å². The van der Waals surface area contributed by atoms with Crippen LogP contribution in [-0.4, -0.2) is 38.6 Å². The molecule has 0 aromatic heterocycles. The number of benzene rings is 2. The second-order valence-corrected chi connectivity index (χ2v) is 7.93. The topological polar surface area (TPSA) is 72.9 Å². The molecule has 0 saturated carbocycles. The van der Waals surface area contributed by atoms with Crippen molar-refractivity contribution < 1.29 is 22.1 Å². The number of carbonyl (C=O) groups is 1. The van der Waals surface area contributed by atoms with Gasteiger partial charge in [0.2, 0.25) is 0 Å². The van der Waals surface area contributed by atoms with Crippen molar-refractivity contribution in [1.29, 1.82) is 0 Å². The lowest BCUT2D eigenvalue weighted by molar-refractivity contribution is 0.0671.